The molecule has 22 heavy (non-hydrogen) atoms. The Hall–Kier alpha value is -1.40. The minimum absolute atomic E-state index is 0.126. The Morgan fingerprint density at radius 1 is 1.18 bits per heavy atom. The van der Waals surface area contributed by atoms with Crippen LogP contribution in [0.1, 0.15) is 24.6 Å². The monoisotopic (exact) mass is 324 g/mol. The zero-order chi connectivity index (χ0) is 15.8. The van der Waals surface area contributed by atoms with Gasteiger partial charge in [0.15, 0.2) is 0 Å². The van der Waals surface area contributed by atoms with E-state index in [1.54, 1.807) is 11.3 Å². The molecule has 5 nitrogen and oxygen atoms in total. The molecule has 2 amide bonds. The summed E-state index contributed by atoms with van der Waals surface area (Å²) in [7, 11) is 0. The van der Waals surface area contributed by atoms with Gasteiger partial charge in [0.25, 0.3) is 0 Å². The first-order valence-electron chi connectivity index (χ1n) is 7.86. The van der Waals surface area contributed by atoms with E-state index in [0.717, 1.165) is 24.4 Å². The molecule has 0 aromatic carbocycles. The standard InChI is InChI=1S/C16H24N2O3S/c1-2-21-11-6-15(19)17-7-4-8-18(10-9-17)16(20)13-14-5-3-12-22-14/h3,5,12H,2,4,6-11,13H2,1H3. The molecule has 0 radical (unpaired) electrons. The van der Waals surface area contributed by atoms with E-state index in [9.17, 15) is 9.59 Å². The van der Waals surface area contributed by atoms with Gasteiger partial charge in [0.1, 0.15) is 0 Å². The van der Waals surface area contributed by atoms with Crippen molar-refractivity contribution < 1.29 is 14.3 Å². The van der Waals surface area contributed by atoms with Gasteiger partial charge in [-0.2, -0.15) is 0 Å². The van der Waals surface area contributed by atoms with Gasteiger partial charge < -0.3 is 14.5 Å². The second kappa shape index (κ2) is 8.90. The lowest BCUT2D eigenvalue weighted by Crippen LogP contribution is -2.38. The van der Waals surface area contributed by atoms with E-state index >= 15 is 0 Å². The molecule has 0 spiro atoms. The molecule has 122 valence electrons. The zero-order valence-electron chi connectivity index (χ0n) is 13.1. The number of hydrogen-bond acceptors (Lipinski definition) is 4. The molecule has 0 unspecified atom stereocenters. The summed E-state index contributed by atoms with van der Waals surface area (Å²) in [4.78, 5) is 29.3. The molecule has 0 saturated carbocycles. The molecular formula is C16H24N2O3S. The Kier molecular flexibility index (Phi) is 6.86. The predicted octanol–water partition coefficient (Wildman–Crippen LogP) is 1.78. The molecule has 1 fully saturated rings. The van der Waals surface area contributed by atoms with Crippen LogP contribution in [0.3, 0.4) is 0 Å². The maximum Gasteiger partial charge on any atom is 0.227 e. The summed E-state index contributed by atoms with van der Waals surface area (Å²) in [6.07, 6.45) is 1.74. The van der Waals surface area contributed by atoms with Gasteiger partial charge >= 0.3 is 0 Å². The van der Waals surface area contributed by atoms with Gasteiger partial charge in [-0.15, -0.1) is 11.3 Å². The number of nitrogens with zero attached hydrogens (tertiary/aromatic N) is 2. The highest BCUT2D eigenvalue weighted by atomic mass is 32.1. The zero-order valence-corrected chi connectivity index (χ0v) is 13.9. The number of carbonyl (C=O) groups is 2. The van der Waals surface area contributed by atoms with Gasteiger partial charge in [-0.05, 0) is 24.8 Å². The van der Waals surface area contributed by atoms with Gasteiger partial charge in [-0.25, -0.2) is 0 Å². The summed E-state index contributed by atoms with van der Waals surface area (Å²) >= 11 is 1.61. The molecule has 1 aromatic heterocycles. The molecule has 2 rings (SSSR count). The van der Waals surface area contributed by atoms with Crippen molar-refractivity contribution in [1.82, 2.24) is 9.80 Å². The quantitative estimate of drug-likeness (QED) is 0.750. The normalized spacial score (nSPS) is 15.7. The van der Waals surface area contributed by atoms with Gasteiger partial charge in [-0.1, -0.05) is 6.07 Å². The summed E-state index contributed by atoms with van der Waals surface area (Å²) in [6.45, 7) is 5.76. The van der Waals surface area contributed by atoms with Crippen LogP contribution in [0.2, 0.25) is 0 Å². The van der Waals surface area contributed by atoms with Gasteiger partial charge in [0.2, 0.25) is 11.8 Å². The summed E-state index contributed by atoms with van der Waals surface area (Å²) in [6, 6.07) is 3.96. The first-order valence-corrected chi connectivity index (χ1v) is 8.74. The van der Waals surface area contributed by atoms with Gasteiger partial charge in [0.05, 0.1) is 19.4 Å². The highest BCUT2D eigenvalue weighted by Crippen LogP contribution is 2.12. The highest BCUT2D eigenvalue weighted by molar-refractivity contribution is 7.10. The Bertz CT molecular complexity index is 476. The molecular weight excluding hydrogens is 300 g/mol. The Labute approximate surface area is 135 Å². The fraction of sp³-hybridized carbons (Fsp3) is 0.625. The van der Waals surface area contributed by atoms with E-state index < -0.39 is 0 Å². The van der Waals surface area contributed by atoms with Crippen LogP contribution in [0.5, 0.6) is 0 Å². The third-order valence-corrected chi connectivity index (χ3v) is 4.65. The molecule has 1 aromatic rings. The van der Waals surface area contributed by atoms with Crippen LogP contribution in [0.25, 0.3) is 0 Å². The van der Waals surface area contributed by atoms with Crippen LogP contribution in [-0.2, 0) is 20.7 Å². The SMILES string of the molecule is CCOCCC(=O)N1CCCN(C(=O)Cc2cccs2)CC1. The molecule has 2 heterocycles. The maximum absolute atomic E-state index is 12.3. The number of hydrogen-bond donors (Lipinski definition) is 0. The van der Waals surface area contributed by atoms with Crippen molar-refractivity contribution in [2.45, 2.75) is 26.2 Å². The fourth-order valence-electron chi connectivity index (χ4n) is 2.55. The van der Waals surface area contributed by atoms with E-state index in [-0.39, 0.29) is 11.8 Å². The van der Waals surface area contributed by atoms with E-state index in [1.807, 2.05) is 34.2 Å². The first kappa shape index (κ1) is 17.0. The van der Waals surface area contributed by atoms with E-state index in [2.05, 4.69) is 0 Å². The average Bonchev–Trinajstić information content (AvgIpc) is 2.88. The van der Waals surface area contributed by atoms with Crippen LogP contribution >= 0.6 is 11.3 Å². The number of carbonyl (C=O) groups excluding carboxylic acids is 2. The smallest absolute Gasteiger partial charge is 0.227 e. The third kappa shape index (κ3) is 5.10. The lowest BCUT2D eigenvalue weighted by molar-refractivity contribution is -0.133. The molecule has 0 N–H and O–H groups in total. The van der Waals surface area contributed by atoms with E-state index in [4.69, 9.17) is 4.74 Å². The molecule has 1 aliphatic heterocycles. The fourth-order valence-corrected chi connectivity index (χ4v) is 3.25. The van der Waals surface area contributed by atoms with E-state index in [1.165, 1.54) is 0 Å². The van der Waals surface area contributed by atoms with Crippen molar-refractivity contribution >= 4 is 23.2 Å². The third-order valence-electron chi connectivity index (χ3n) is 3.77. The van der Waals surface area contributed by atoms with Crippen LogP contribution in [-0.4, -0.2) is 61.0 Å². The summed E-state index contributed by atoms with van der Waals surface area (Å²) < 4.78 is 5.23. The minimum atomic E-state index is 0.126. The lowest BCUT2D eigenvalue weighted by atomic mass is 10.3. The molecule has 0 bridgehead atoms. The van der Waals surface area contributed by atoms with Gasteiger partial charge in [0, 0.05) is 37.7 Å². The lowest BCUT2D eigenvalue weighted by Gasteiger charge is -2.22. The second-order valence-electron chi connectivity index (χ2n) is 5.32. The Balaban J connectivity index is 1.79. The van der Waals surface area contributed by atoms with E-state index in [0.29, 0.717) is 39.1 Å². The van der Waals surface area contributed by atoms with Crippen LogP contribution in [0.4, 0.5) is 0 Å². The molecule has 6 heteroatoms. The Morgan fingerprint density at radius 2 is 1.91 bits per heavy atom. The minimum Gasteiger partial charge on any atom is -0.381 e. The van der Waals surface area contributed by atoms with Crippen molar-refractivity contribution in [2.24, 2.45) is 0 Å². The predicted molar refractivity (Wildman–Crippen MR) is 86.9 cm³/mol. The molecule has 0 atom stereocenters. The molecule has 1 aliphatic rings. The molecule has 0 aliphatic carbocycles. The number of thiophene rings is 1. The maximum atomic E-state index is 12.3. The summed E-state index contributed by atoms with van der Waals surface area (Å²) in [5.74, 6) is 0.284. The largest absolute Gasteiger partial charge is 0.381 e. The van der Waals surface area contributed by atoms with Gasteiger partial charge in [-0.3, -0.25) is 9.59 Å². The Morgan fingerprint density at radius 3 is 2.55 bits per heavy atom. The first-order chi connectivity index (χ1) is 10.7. The van der Waals surface area contributed by atoms with Crippen molar-refractivity contribution in [3.05, 3.63) is 22.4 Å². The van der Waals surface area contributed by atoms with Crippen molar-refractivity contribution in [3.8, 4) is 0 Å². The summed E-state index contributed by atoms with van der Waals surface area (Å²) in [5.41, 5.74) is 0. The van der Waals surface area contributed by atoms with Crippen LogP contribution < -0.4 is 0 Å². The van der Waals surface area contributed by atoms with Crippen LogP contribution in [0, 0.1) is 0 Å². The highest BCUT2D eigenvalue weighted by Gasteiger charge is 2.22. The summed E-state index contributed by atoms with van der Waals surface area (Å²) in [5, 5.41) is 1.99. The number of rotatable bonds is 6. The number of amides is 2. The average molecular weight is 324 g/mol. The topological polar surface area (TPSA) is 49.9 Å². The molecule has 1 saturated heterocycles. The number of ether oxygens (including phenoxy) is 1. The van der Waals surface area contributed by atoms with Crippen molar-refractivity contribution in [1.29, 1.82) is 0 Å². The van der Waals surface area contributed by atoms with Crippen molar-refractivity contribution in [2.75, 3.05) is 39.4 Å². The van der Waals surface area contributed by atoms with Crippen molar-refractivity contribution in [3.63, 3.8) is 0 Å². The van der Waals surface area contributed by atoms with Crippen LogP contribution in [0.15, 0.2) is 17.5 Å². The second-order valence-corrected chi connectivity index (χ2v) is 6.35.